The van der Waals surface area contributed by atoms with Gasteiger partial charge >= 0.3 is 0 Å². The Balaban J connectivity index is 1.27. The minimum absolute atomic E-state index is 0.593. The minimum Gasteiger partial charge on any atom is -0.256 e. The molecule has 0 atom stereocenters. The number of hydrogen-bond acceptors (Lipinski definition) is 5. The van der Waals surface area contributed by atoms with Crippen molar-refractivity contribution in [2.45, 2.75) is 0 Å². The van der Waals surface area contributed by atoms with Gasteiger partial charge in [-0.1, -0.05) is 84.9 Å². The molecule has 0 aliphatic carbocycles. The van der Waals surface area contributed by atoms with Crippen molar-refractivity contribution in [3.05, 3.63) is 157 Å². The number of aromatic nitrogens is 2. The van der Waals surface area contributed by atoms with Crippen molar-refractivity contribution < 1.29 is 0 Å². The molecule has 6 aromatic carbocycles. The van der Waals surface area contributed by atoms with E-state index in [9.17, 15) is 10.5 Å². The van der Waals surface area contributed by atoms with Crippen LogP contribution >= 0.6 is 11.3 Å². The summed E-state index contributed by atoms with van der Waals surface area (Å²) < 4.78 is 2.46. The second-order valence-corrected chi connectivity index (χ2v) is 13.1. The Morgan fingerprint density at radius 2 is 0.857 bits per heavy atom. The number of fused-ring (bicyclic) bond motifs is 7. The summed E-state index contributed by atoms with van der Waals surface area (Å²) in [4.78, 5) is 9.12. The molecule has 9 rings (SSSR count). The number of nitriles is 2. The van der Waals surface area contributed by atoms with Crippen molar-refractivity contribution in [3.8, 4) is 56.9 Å². The van der Waals surface area contributed by atoms with Gasteiger partial charge in [-0.2, -0.15) is 10.5 Å². The van der Waals surface area contributed by atoms with Crippen molar-refractivity contribution in [2.24, 2.45) is 0 Å². The Morgan fingerprint density at radius 3 is 1.31 bits per heavy atom. The lowest BCUT2D eigenvalue weighted by molar-refractivity contribution is 1.31. The predicted molar refractivity (Wildman–Crippen MR) is 201 cm³/mol. The van der Waals surface area contributed by atoms with Crippen LogP contribution in [-0.2, 0) is 0 Å². The third kappa shape index (κ3) is 4.81. The van der Waals surface area contributed by atoms with E-state index in [-0.39, 0.29) is 0 Å². The van der Waals surface area contributed by atoms with Gasteiger partial charge in [0.25, 0.3) is 0 Å². The normalized spacial score (nSPS) is 11.2. The van der Waals surface area contributed by atoms with Gasteiger partial charge in [-0.05, 0) is 92.3 Å². The lowest BCUT2D eigenvalue weighted by Crippen LogP contribution is -1.88. The van der Waals surface area contributed by atoms with Crippen LogP contribution in [0.4, 0.5) is 0 Å². The van der Waals surface area contributed by atoms with Crippen LogP contribution < -0.4 is 0 Å². The van der Waals surface area contributed by atoms with Crippen LogP contribution in [0.3, 0.4) is 0 Å². The average Bonchev–Trinajstić information content (AvgIpc) is 3.56. The summed E-state index contributed by atoms with van der Waals surface area (Å²) in [5.74, 6) is 0. The summed E-state index contributed by atoms with van der Waals surface area (Å²) in [5, 5.41) is 26.3. The molecule has 0 saturated carbocycles. The fourth-order valence-electron chi connectivity index (χ4n) is 6.98. The largest absolute Gasteiger partial charge is 0.256 e. The second-order valence-electron chi connectivity index (χ2n) is 12.0. The highest BCUT2D eigenvalue weighted by Gasteiger charge is 2.18. The van der Waals surface area contributed by atoms with Crippen LogP contribution in [-0.4, -0.2) is 9.97 Å². The Hall–Kier alpha value is -6.66. The highest BCUT2D eigenvalue weighted by atomic mass is 32.1. The van der Waals surface area contributed by atoms with E-state index >= 15 is 0 Å². The van der Waals surface area contributed by atoms with Crippen LogP contribution in [0.25, 0.3) is 86.5 Å². The molecular weight excluding hydrogens is 617 g/mol. The van der Waals surface area contributed by atoms with Crippen LogP contribution in [0.2, 0.25) is 0 Å². The SMILES string of the molecule is N#Cc1ccnc(-c2cccc(-c3cc4sc5cc(-c6cccc(-c7cc(C#N)ccn7)c6)c6ccccc6c5c4c4ccccc34)c2)c1. The lowest BCUT2D eigenvalue weighted by Gasteiger charge is -2.12. The number of hydrogen-bond donors (Lipinski definition) is 0. The first-order valence-corrected chi connectivity index (χ1v) is 16.7. The Kier molecular flexibility index (Phi) is 6.73. The number of benzene rings is 6. The quantitative estimate of drug-likeness (QED) is 0.192. The van der Waals surface area contributed by atoms with Gasteiger partial charge in [0.15, 0.2) is 0 Å². The summed E-state index contributed by atoms with van der Waals surface area (Å²) in [5.41, 5.74) is 9.24. The van der Waals surface area contributed by atoms with Gasteiger partial charge in [-0.3, -0.25) is 9.97 Å². The van der Waals surface area contributed by atoms with E-state index in [1.165, 1.54) is 41.7 Å². The first-order valence-electron chi connectivity index (χ1n) is 15.9. The maximum Gasteiger partial charge on any atom is 0.0992 e. The number of rotatable bonds is 4. The summed E-state index contributed by atoms with van der Waals surface area (Å²) in [6.07, 6.45) is 3.38. The van der Waals surface area contributed by atoms with Gasteiger partial charge in [-0.25, -0.2) is 0 Å². The fourth-order valence-corrected chi connectivity index (χ4v) is 8.20. The lowest BCUT2D eigenvalue weighted by atomic mass is 9.91. The molecule has 4 nitrogen and oxygen atoms in total. The summed E-state index contributed by atoms with van der Waals surface area (Å²) >= 11 is 1.82. The third-order valence-electron chi connectivity index (χ3n) is 9.20. The molecule has 3 heterocycles. The van der Waals surface area contributed by atoms with Crippen molar-refractivity contribution in [2.75, 3.05) is 0 Å². The van der Waals surface area contributed by atoms with E-state index in [2.05, 4.69) is 119 Å². The standard InChI is InChI=1S/C44H24N4S/c45-25-27-15-17-47-39(19-27)31-9-5-7-29(21-31)37-23-41-43(35-13-3-1-11-33(35)37)44-36-14-4-2-12-34(36)38(24-42(44)49-41)30-8-6-10-32(22-30)40-20-28(26-46)16-18-48-40/h1-24H. The summed E-state index contributed by atoms with van der Waals surface area (Å²) in [6.45, 7) is 0. The van der Waals surface area contributed by atoms with Gasteiger partial charge in [0.1, 0.15) is 0 Å². The number of pyridine rings is 2. The van der Waals surface area contributed by atoms with E-state index < -0.39 is 0 Å². The number of nitrogens with zero attached hydrogens (tertiary/aromatic N) is 4. The van der Waals surface area contributed by atoms with E-state index in [1.54, 1.807) is 24.5 Å². The molecule has 0 fully saturated rings. The molecule has 5 heteroatoms. The zero-order chi connectivity index (χ0) is 32.9. The third-order valence-corrected chi connectivity index (χ3v) is 10.3. The maximum absolute atomic E-state index is 9.46. The molecule has 9 aromatic rings. The van der Waals surface area contributed by atoms with Crippen molar-refractivity contribution in [1.29, 1.82) is 10.5 Å². The van der Waals surface area contributed by atoms with Gasteiger partial charge in [-0.15, -0.1) is 11.3 Å². The molecule has 49 heavy (non-hydrogen) atoms. The molecule has 0 bridgehead atoms. The van der Waals surface area contributed by atoms with E-state index in [0.29, 0.717) is 11.1 Å². The topological polar surface area (TPSA) is 73.4 Å². The average molecular weight is 641 g/mol. The molecule has 0 N–H and O–H groups in total. The number of thiophene rings is 1. The van der Waals surface area contributed by atoms with E-state index in [4.69, 9.17) is 0 Å². The Morgan fingerprint density at radius 1 is 0.429 bits per heavy atom. The predicted octanol–water partition coefficient (Wildman–Crippen LogP) is 11.6. The van der Waals surface area contributed by atoms with Crippen LogP contribution in [0.5, 0.6) is 0 Å². The maximum atomic E-state index is 9.46. The zero-order valence-corrected chi connectivity index (χ0v) is 26.9. The highest BCUT2D eigenvalue weighted by molar-refractivity contribution is 7.26. The monoisotopic (exact) mass is 640 g/mol. The van der Waals surface area contributed by atoms with Crippen LogP contribution in [0.15, 0.2) is 146 Å². The van der Waals surface area contributed by atoms with Gasteiger partial charge in [0.05, 0.1) is 34.7 Å². The van der Waals surface area contributed by atoms with Gasteiger partial charge in [0, 0.05) is 43.7 Å². The molecule has 0 aliphatic rings. The molecule has 226 valence electrons. The molecule has 0 amide bonds. The van der Waals surface area contributed by atoms with Crippen molar-refractivity contribution in [3.63, 3.8) is 0 Å². The van der Waals surface area contributed by atoms with E-state index in [1.807, 2.05) is 35.6 Å². The van der Waals surface area contributed by atoms with Crippen LogP contribution in [0.1, 0.15) is 11.1 Å². The summed E-state index contributed by atoms with van der Waals surface area (Å²) in [6, 6.07) is 50.5. The Bertz CT molecular complexity index is 2680. The molecule has 0 saturated heterocycles. The van der Waals surface area contributed by atoms with Gasteiger partial charge < -0.3 is 0 Å². The molecule has 0 aliphatic heterocycles. The first-order chi connectivity index (χ1) is 24.2. The smallest absolute Gasteiger partial charge is 0.0992 e. The molecule has 0 spiro atoms. The van der Waals surface area contributed by atoms with Crippen molar-refractivity contribution >= 4 is 53.1 Å². The first kappa shape index (κ1) is 28.6. The molecule has 0 unspecified atom stereocenters. The fraction of sp³-hybridized carbons (Fsp3) is 0. The summed E-state index contributed by atoms with van der Waals surface area (Å²) in [7, 11) is 0. The zero-order valence-electron chi connectivity index (χ0n) is 26.1. The second kappa shape index (κ2) is 11.5. The highest BCUT2D eigenvalue weighted by Crippen LogP contribution is 2.47. The van der Waals surface area contributed by atoms with Crippen molar-refractivity contribution in [1.82, 2.24) is 9.97 Å². The molecule has 3 aromatic heterocycles. The molecule has 0 radical (unpaired) electrons. The minimum atomic E-state index is 0.593. The van der Waals surface area contributed by atoms with E-state index in [0.717, 1.165) is 44.8 Å². The van der Waals surface area contributed by atoms with Gasteiger partial charge in [0.2, 0.25) is 0 Å². The Labute approximate surface area is 286 Å². The molecular formula is C44H24N4S. The van der Waals surface area contributed by atoms with Crippen LogP contribution in [0, 0.1) is 22.7 Å².